The van der Waals surface area contributed by atoms with Crippen molar-refractivity contribution in [3.8, 4) is 0 Å². The first kappa shape index (κ1) is 13.1. The van der Waals surface area contributed by atoms with E-state index in [0.29, 0.717) is 6.04 Å². The second kappa shape index (κ2) is 6.55. The van der Waals surface area contributed by atoms with E-state index < -0.39 is 0 Å². The predicted octanol–water partition coefficient (Wildman–Crippen LogP) is 4.27. The number of nitrogens with zero attached hydrogens (tertiary/aromatic N) is 1. The van der Waals surface area contributed by atoms with E-state index >= 15 is 0 Å². The van der Waals surface area contributed by atoms with E-state index in [9.17, 15) is 0 Å². The monoisotopic (exact) mass is 260 g/mol. The molecule has 96 valence electrons. The standard InChI is InChI=1S/C15H20N2S/c1-3-4-14(11-15-16-9-10-18-15)17-13-7-5-12(2)6-8-13/h5-10,14,17H,3-4,11H2,1-2H3. The van der Waals surface area contributed by atoms with Gasteiger partial charge in [-0.3, -0.25) is 0 Å². The summed E-state index contributed by atoms with van der Waals surface area (Å²) in [6, 6.07) is 9.08. The molecule has 1 unspecified atom stereocenters. The molecule has 0 spiro atoms. The van der Waals surface area contributed by atoms with Crippen LogP contribution in [-0.4, -0.2) is 11.0 Å². The maximum atomic E-state index is 4.37. The van der Waals surface area contributed by atoms with Gasteiger partial charge in [0.25, 0.3) is 0 Å². The number of benzene rings is 1. The Labute approximate surface area is 113 Å². The van der Waals surface area contributed by atoms with E-state index in [0.717, 1.165) is 6.42 Å². The lowest BCUT2D eigenvalue weighted by Gasteiger charge is -2.18. The first-order valence-electron chi connectivity index (χ1n) is 6.49. The second-order valence-corrected chi connectivity index (χ2v) is 5.61. The molecule has 1 N–H and O–H groups in total. The Kier molecular flexibility index (Phi) is 4.76. The highest BCUT2D eigenvalue weighted by molar-refractivity contribution is 7.09. The SMILES string of the molecule is CCCC(Cc1nccs1)Nc1ccc(C)cc1. The summed E-state index contributed by atoms with van der Waals surface area (Å²) in [6.45, 7) is 4.34. The fourth-order valence-corrected chi connectivity index (χ4v) is 2.72. The van der Waals surface area contributed by atoms with Crippen LogP contribution in [0.4, 0.5) is 5.69 Å². The van der Waals surface area contributed by atoms with Crippen molar-refractivity contribution in [3.05, 3.63) is 46.4 Å². The van der Waals surface area contributed by atoms with Gasteiger partial charge in [-0.2, -0.15) is 0 Å². The molecule has 0 saturated heterocycles. The minimum Gasteiger partial charge on any atom is -0.382 e. The molecule has 0 saturated carbocycles. The van der Waals surface area contributed by atoms with Gasteiger partial charge in [0.2, 0.25) is 0 Å². The third-order valence-corrected chi connectivity index (χ3v) is 3.77. The predicted molar refractivity (Wildman–Crippen MR) is 79.3 cm³/mol. The second-order valence-electron chi connectivity index (χ2n) is 4.63. The highest BCUT2D eigenvalue weighted by atomic mass is 32.1. The number of hydrogen-bond donors (Lipinski definition) is 1. The van der Waals surface area contributed by atoms with Gasteiger partial charge < -0.3 is 5.32 Å². The van der Waals surface area contributed by atoms with Gasteiger partial charge in [-0.15, -0.1) is 11.3 Å². The maximum Gasteiger partial charge on any atom is 0.0945 e. The Balaban J connectivity index is 1.99. The molecule has 2 rings (SSSR count). The van der Waals surface area contributed by atoms with Gasteiger partial charge in [-0.05, 0) is 25.5 Å². The lowest BCUT2D eigenvalue weighted by molar-refractivity contribution is 0.635. The molecular weight excluding hydrogens is 240 g/mol. The van der Waals surface area contributed by atoms with Crippen molar-refractivity contribution in [2.24, 2.45) is 0 Å². The minimum atomic E-state index is 0.476. The molecule has 0 aliphatic carbocycles. The summed E-state index contributed by atoms with van der Waals surface area (Å²) in [5.41, 5.74) is 2.50. The summed E-state index contributed by atoms with van der Waals surface area (Å²) in [6.07, 6.45) is 5.26. The van der Waals surface area contributed by atoms with Crippen molar-refractivity contribution in [1.29, 1.82) is 0 Å². The molecule has 1 aromatic heterocycles. The number of anilines is 1. The Morgan fingerprint density at radius 3 is 2.67 bits per heavy atom. The molecule has 0 amide bonds. The van der Waals surface area contributed by atoms with E-state index in [1.807, 2.05) is 11.6 Å². The van der Waals surface area contributed by atoms with E-state index in [1.165, 1.54) is 29.1 Å². The van der Waals surface area contributed by atoms with Crippen LogP contribution in [0.25, 0.3) is 0 Å². The molecule has 18 heavy (non-hydrogen) atoms. The minimum absolute atomic E-state index is 0.476. The molecule has 1 atom stereocenters. The third-order valence-electron chi connectivity index (χ3n) is 2.96. The smallest absolute Gasteiger partial charge is 0.0945 e. The summed E-state index contributed by atoms with van der Waals surface area (Å²) in [7, 11) is 0. The molecule has 1 heterocycles. The van der Waals surface area contributed by atoms with Crippen LogP contribution in [0.2, 0.25) is 0 Å². The zero-order chi connectivity index (χ0) is 12.8. The van der Waals surface area contributed by atoms with Crippen LogP contribution in [0.15, 0.2) is 35.8 Å². The quantitative estimate of drug-likeness (QED) is 0.838. The lowest BCUT2D eigenvalue weighted by Crippen LogP contribution is -2.22. The van der Waals surface area contributed by atoms with E-state index in [-0.39, 0.29) is 0 Å². The third kappa shape index (κ3) is 3.84. The molecule has 0 aliphatic rings. The van der Waals surface area contributed by atoms with Crippen molar-refractivity contribution in [3.63, 3.8) is 0 Å². The zero-order valence-electron chi connectivity index (χ0n) is 11.0. The van der Waals surface area contributed by atoms with Crippen LogP contribution < -0.4 is 5.32 Å². The summed E-state index contributed by atoms with van der Waals surface area (Å²) in [5.74, 6) is 0. The van der Waals surface area contributed by atoms with Gasteiger partial charge in [-0.1, -0.05) is 31.0 Å². The summed E-state index contributed by atoms with van der Waals surface area (Å²) >= 11 is 1.74. The van der Waals surface area contributed by atoms with Gasteiger partial charge in [0.05, 0.1) is 5.01 Å². The first-order valence-corrected chi connectivity index (χ1v) is 7.37. The Morgan fingerprint density at radius 1 is 1.28 bits per heavy atom. The molecule has 1 aromatic carbocycles. The van der Waals surface area contributed by atoms with Crippen LogP contribution in [-0.2, 0) is 6.42 Å². The molecular formula is C15H20N2S. The van der Waals surface area contributed by atoms with E-state index in [2.05, 4.69) is 48.4 Å². The lowest BCUT2D eigenvalue weighted by atomic mass is 10.1. The average molecular weight is 260 g/mol. The molecule has 0 bridgehead atoms. The Hall–Kier alpha value is -1.35. The molecule has 3 heteroatoms. The van der Waals surface area contributed by atoms with Crippen LogP contribution in [0.3, 0.4) is 0 Å². The van der Waals surface area contributed by atoms with Gasteiger partial charge in [0.15, 0.2) is 0 Å². The first-order chi connectivity index (χ1) is 8.78. The highest BCUT2D eigenvalue weighted by Crippen LogP contribution is 2.16. The average Bonchev–Trinajstić information content (AvgIpc) is 2.85. The Morgan fingerprint density at radius 2 is 2.06 bits per heavy atom. The number of aryl methyl sites for hydroxylation is 1. The van der Waals surface area contributed by atoms with Crippen molar-refractivity contribution >= 4 is 17.0 Å². The zero-order valence-corrected chi connectivity index (χ0v) is 11.8. The molecule has 0 fully saturated rings. The van der Waals surface area contributed by atoms with Crippen molar-refractivity contribution in [1.82, 2.24) is 4.98 Å². The van der Waals surface area contributed by atoms with Crippen molar-refractivity contribution in [2.75, 3.05) is 5.32 Å². The van der Waals surface area contributed by atoms with Gasteiger partial charge in [0.1, 0.15) is 0 Å². The molecule has 2 nitrogen and oxygen atoms in total. The fourth-order valence-electron chi connectivity index (χ4n) is 2.02. The number of rotatable bonds is 6. The molecule has 2 aromatic rings. The molecule has 0 radical (unpaired) electrons. The maximum absolute atomic E-state index is 4.37. The van der Waals surface area contributed by atoms with E-state index in [1.54, 1.807) is 11.3 Å². The summed E-state index contributed by atoms with van der Waals surface area (Å²) < 4.78 is 0. The van der Waals surface area contributed by atoms with Crippen molar-refractivity contribution < 1.29 is 0 Å². The Bertz CT molecular complexity index is 448. The van der Waals surface area contributed by atoms with Gasteiger partial charge >= 0.3 is 0 Å². The number of nitrogens with one attached hydrogen (secondary N) is 1. The number of thiazole rings is 1. The summed E-state index contributed by atoms with van der Waals surface area (Å²) in [5, 5.41) is 6.87. The van der Waals surface area contributed by atoms with Crippen LogP contribution in [0, 0.1) is 6.92 Å². The topological polar surface area (TPSA) is 24.9 Å². The normalized spacial score (nSPS) is 12.3. The number of aromatic nitrogens is 1. The van der Waals surface area contributed by atoms with Crippen LogP contribution in [0.5, 0.6) is 0 Å². The van der Waals surface area contributed by atoms with Crippen molar-refractivity contribution in [2.45, 2.75) is 39.2 Å². The van der Waals surface area contributed by atoms with Crippen LogP contribution >= 0.6 is 11.3 Å². The van der Waals surface area contributed by atoms with Gasteiger partial charge in [-0.25, -0.2) is 4.98 Å². The number of hydrogen-bond acceptors (Lipinski definition) is 3. The highest BCUT2D eigenvalue weighted by Gasteiger charge is 2.10. The largest absolute Gasteiger partial charge is 0.382 e. The summed E-state index contributed by atoms with van der Waals surface area (Å²) in [4.78, 5) is 4.37. The fraction of sp³-hybridized carbons (Fsp3) is 0.400. The van der Waals surface area contributed by atoms with Gasteiger partial charge in [0, 0.05) is 29.7 Å². The van der Waals surface area contributed by atoms with E-state index in [4.69, 9.17) is 0 Å². The van der Waals surface area contributed by atoms with Crippen LogP contribution in [0.1, 0.15) is 30.3 Å². The molecule has 0 aliphatic heterocycles.